The molecule has 2 aromatic carbocycles. The van der Waals surface area contributed by atoms with Crippen LogP contribution < -0.4 is 5.32 Å². The largest absolute Gasteiger partial charge is 0.445 e. The van der Waals surface area contributed by atoms with Crippen LogP contribution in [0.1, 0.15) is 59.6 Å². The van der Waals surface area contributed by atoms with Crippen molar-refractivity contribution in [3.05, 3.63) is 71.8 Å². The Morgan fingerprint density at radius 3 is 1.66 bits per heavy atom. The number of benzene rings is 2. The topological polar surface area (TPSA) is 114 Å². The molecule has 0 aliphatic rings. The molecular formula is C28H37N3O7. The minimum Gasteiger partial charge on any atom is -0.445 e. The lowest BCUT2D eigenvalue weighted by Crippen LogP contribution is -2.58. The van der Waals surface area contributed by atoms with Crippen molar-refractivity contribution in [3.8, 4) is 0 Å². The molecule has 10 nitrogen and oxygen atoms in total. The molecule has 0 saturated heterocycles. The molecule has 1 atom stereocenters. The Hall–Kier alpha value is -4.08. The van der Waals surface area contributed by atoms with Gasteiger partial charge in [0.15, 0.2) is 0 Å². The van der Waals surface area contributed by atoms with Crippen LogP contribution in [0.3, 0.4) is 0 Å². The Bertz CT molecular complexity index is 1060. The van der Waals surface area contributed by atoms with E-state index < -0.39 is 41.4 Å². The first-order valence-electron chi connectivity index (χ1n) is 12.2. The van der Waals surface area contributed by atoms with Crippen molar-refractivity contribution in [3.63, 3.8) is 0 Å². The number of carbonyl (C=O) groups is 4. The van der Waals surface area contributed by atoms with Crippen LogP contribution >= 0.6 is 0 Å². The molecule has 0 saturated carbocycles. The molecule has 0 aromatic heterocycles. The van der Waals surface area contributed by atoms with Crippen molar-refractivity contribution in [2.75, 3.05) is 0 Å². The lowest BCUT2D eigenvalue weighted by atomic mass is 10.2. The van der Waals surface area contributed by atoms with Crippen LogP contribution in [0.4, 0.5) is 14.4 Å². The summed E-state index contributed by atoms with van der Waals surface area (Å²) in [5, 5.41) is 3.89. The zero-order valence-electron chi connectivity index (χ0n) is 23.0. The van der Waals surface area contributed by atoms with Gasteiger partial charge in [-0.3, -0.25) is 4.79 Å². The van der Waals surface area contributed by atoms with E-state index in [1.165, 1.54) is 6.92 Å². The SMILES string of the molecule is CC(NC(=O)OCc1ccccc1)C(=O)N(Cc1ccccc1)N(C(=O)OC(C)(C)C)C(=O)OC(C)(C)C. The first-order valence-corrected chi connectivity index (χ1v) is 12.2. The third-order valence-electron chi connectivity index (χ3n) is 4.72. The summed E-state index contributed by atoms with van der Waals surface area (Å²) in [6.45, 7) is 11.0. The fraction of sp³-hybridized carbons (Fsp3) is 0.429. The smallest absolute Gasteiger partial charge is 0.439 e. The highest BCUT2D eigenvalue weighted by Crippen LogP contribution is 2.19. The standard InChI is InChI=1S/C28H37N3O7/c1-20(29-24(33)36-19-22-16-12-9-13-17-22)23(32)30(18-21-14-10-8-11-15-21)31(25(34)37-27(2,3)4)26(35)38-28(5,6)7/h8-17,20H,18-19H2,1-7H3,(H,29,33). The van der Waals surface area contributed by atoms with Gasteiger partial charge in [-0.05, 0) is 59.6 Å². The second-order valence-corrected chi connectivity index (χ2v) is 10.6. The lowest BCUT2D eigenvalue weighted by Gasteiger charge is -2.36. The van der Waals surface area contributed by atoms with Crippen molar-refractivity contribution < 1.29 is 33.4 Å². The van der Waals surface area contributed by atoms with Gasteiger partial charge in [0.1, 0.15) is 23.9 Å². The van der Waals surface area contributed by atoms with E-state index in [4.69, 9.17) is 14.2 Å². The number of ether oxygens (including phenoxy) is 3. The molecule has 38 heavy (non-hydrogen) atoms. The minimum absolute atomic E-state index is 0.00323. The van der Waals surface area contributed by atoms with Crippen LogP contribution in [0.2, 0.25) is 0 Å². The van der Waals surface area contributed by atoms with E-state index in [2.05, 4.69) is 5.32 Å². The van der Waals surface area contributed by atoms with Crippen molar-refractivity contribution in [2.45, 2.75) is 78.9 Å². The van der Waals surface area contributed by atoms with Crippen LogP contribution in [0.5, 0.6) is 0 Å². The molecule has 1 N–H and O–H groups in total. The molecule has 0 spiro atoms. The van der Waals surface area contributed by atoms with Crippen LogP contribution in [0.15, 0.2) is 60.7 Å². The van der Waals surface area contributed by atoms with Crippen molar-refractivity contribution in [1.82, 2.24) is 15.3 Å². The van der Waals surface area contributed by atoms with Gasteiger partial charge in [0.05, 0.1) is 6.54 Å². The number of nitrogens with zero attached hydrogens (tertiary/aromatic N) is 2. The number of hydrogen-bond acceptors (Lipinski definition) is 7. The number of carbonyl (C=O) groups excluding carboxylic acids is 4. The summed E-state index contributed by atoms with van der Waals surface area (Å²) in [6, 6.07) is 16.6. The van der Waals surface area contributed by atoms with E-state index >= 15 is 0 Å². The second-order valence-electron chi connectivity index (χ2n) is 10.6. The normalized spacial score (nSPS) is 12.1. The number of rotatable bonds is 6. The highest BCUT2D eigenvalue weighted by atomic mass is 16.6. The predicted octanol–water partition coefficient (Wildman–Crippen LogP) is 5.42. The Morgan fingerprint density at radius 1 is 0.763 bits per heavy atom. The summed E-state index contributed by atoms with van der Waals surface area (Å²) >= 11 is 0. The van der Waals surface area contributed by atoms with Crippen molar-refractivity contribution >= 4 is 24.2 Å². The fourth-order valence-corrected chi connectivity index (χ4v) is 3.11. The molecule has 2 aromatic rings. The number of hydrazine groups is 1. The molecule has 0 radical (unpaired) electrons. The molecule has 0 heterocycles. The van der Waals surface area contributed by atoms with E-state index in [1.54, 1.807) is 84.0 Å². The Balaban J connectivity index is 2.33. The summed E-state index contributed by atoms with van der Waals surface area (Å²) in [7, 11) is 0. The average molecular weight is 528 g/mol. The number of imide groups is 1. The van der Waals surface area contributed by atoms with E-state index in [1.807, 2.05) is 18.2 Å². The molecule has 206 valence electrons. The van der Waals surface area contributed by atoms with Crippen LogP contribution in [-0.4, -0.2) is 51.4 Å². The molecule has 2 rings (SSSR count). The zero-order chi connectivity index (χ0) is 28.5. The highest BCUT2D eigenvalue weighted by Gasteiger charge is 2.40. The molecular weight excluding hydrogens is 490 g/mol. The van der Waals surface area contributed by atoms with Gasteiger partial charge in [-0.15, -0.1) is 5.01 Å². The Kier molecular flexibility index (Phi) is 10.3. The predicted molar refractivity (Wildman–Crippen MR) is 141 cm³/mol. The Morgan fingerprint density at radius 2 is 1.21 bits per heavy atom. The van der Waals surface area contributed by atoms with Crippen LogP contribution in [0, 0.1) is 0 Å². The molecule has 4 amide bonds. The second kappa shape index (κ2) is 12.9. The third kappa shape index (κ3) is 10.1. The van der Waals surface area contributed by atoms with Gasteiger partial charge in [-0.1, -0.05) is 60.7 Å². The van der Waals surface area contributed by atoms with E-state index in [-0.39, 0.29) is 13.2 Å². The number of alkyl carbamates (subject to hydrolysis) is 1. The zero-order valence-corrected chi connectivity index (χ0v) is 23.0. The fourth-order valence-electron chi connectivity index (χ4n) is 3.11. The maximum Gasteiger partial charge on any atom is 0.439 e. The number of amides is 4. The lowest BCUT2D eigenvalue weighted by molar-refractivity contribution is -0.150. The van der Waals surface area contributed by atoms with Crippen molar-refractivity contribution in [2.24, 2.45) is 0 Å². The summed E-state index contributed by atoms with van der Waals surface area (Å²) < 4.78 is 16.1. The van der Waals surface area contributed by atoms with Crippen LogP contribution in [0.25, 0.3) is 0 Å². The van der Waals surface area contributed by atoms with E-state index in [0.29, 0.717) is 10.6 Å². The average Bonchev–Trinajstić information content (AvgIpc) is 2.81. The first-order chi connectivity index (χ1) is 17.7. The molecule has 1 unspecified atom stereocenters. The van der Waals surface area contributed by atoms with Gasteiger partial charge < -0.3 is 19.5 Å². The van der Waals surface area contributed by atoms with Gasteiger partial charge in [-0.25, -0.2) is 19.4 Å². The van der Waals surface area contributed by atoms with Crippen LogP contribution in [-0.2, 0) is 32.2 Å². The summed E-state index contributed by atoms with van der Waals surface area (Å²) in [5.41, 5.74) is -0.543. The summed E-state index contributed by atoms with van der Waals surface area (Å²) in [6.07, 6.45) is -3.04. The maximum atomic E-state index is 13.6. The molecule has 0 aliphatic carbocycles. The van der Waals surface area contributed by atoms with Gasteiger partial charge in [0.2, 0.25) is 0 Å². The van der Waals surface area contributed by atoms with Gasteiger partial charge in [-0.2, -0.15) is 0 Å². The highest BCUT2D eigenvalue weighted by molar-refractivity contribution is 5.93. The molecule has 10 heteroatoms. The number of hydrogen-bond donors (Lipinski definition) is 1. The molecule has 0 bridgehead atoms. The van der Waals surface area contributed by atoms with Gasteiger partial charge >= 0.3 is 18.3 Å². The summed E-state index contributed by atoms with van der Waals surface area (Å²) in [5.74, 6) is -0.762. The van der Waals surface area contributed by atoms with E-state index in [0.717, 1.165) is 10.6 Å². The third-order valence-corrected chi connectivity index (χ3v) is 4.72. The maximum absolute atomic E-state index is 13.6. The quantitative estimate of drug-likeness (QED) is 0.394. The summed E-state index contributed by atoms with van der Waals surface area (Å²) in [4.78, 5) is 52.5. The van der Waals surface area contributed by atoms with E-state index in [9.17, 15) is 19.2 Å². The van der Waals surface area contributed by atoms with Gasteiger partial charge in [0, 0.05) is 0 Å². The monoisotopic (exact) mass is 527 g/mol. The van der Waals surface area contributed by atoms with Gasteiger partial charge in [0.25, 0.3) is 5.91 Å². The molecule has 0 fully saturated rings. The first kappa shape index (κ1) is 30.1. The Labute approximate surface area is 223 Å². The van der Waals surface area contributed by atoms with Crippen molar-refractivity contribution in [1.29, 1.82) is 0 Å². The number of nitrogens with one attached hydrogen (secondary N) is 1. The minimum atomic E-state index is -1.17. The molecule has 0 aliphatic heterocycles.